The first kappa shape index (κ1) is 16.2. The molecule has 1 aliphatic rings. The minimum atomic E-state index is -0.0803. The number of fused-ring (bicyclic) bond motifs is 1. The van der Waals surface area contributed by atoms with Crippen molar-refractivity contribution in [1.29, 1.82) is 0 Å². The fraction of sp³-hybridized carbons (Fsp3) is 0.278. The van der Waals surface area contributed by atoms with Crippen LogP contribution < -0.4 is 5.56 Å². The maximum Gasteiger partial charge on any atom is 0.254 e. The van der Waals surface area contributed by atoms with Crippen molar-refractivity contribution in [2.75, 3.05) is 6.54 Å². The summed E-state index contributed by atoms with van der Waals surface area (Å²) in [4.78, 5) is 39.6. The van der Waals surface area contributed by atoms with Gasteiger partial charge in [-0.3, -0.25) is 19.1 Å². The molecule has 0 saturated carbocycles. The number of amides is 1. The standard InChI is InChI=1S/C18H18N6O2/c25-17-10-15(11-22-9-6-20-13-22)21-16-12-23(7-1-8-24(16)17)18(26)14-2-4-19-5-3-14/h2-6,9-10,13H,1,7-8,11-12H2. The van der Waals surface area contributed by atoms with Gasteiger partial charge in [-0.15, -0.1) is 0 Å². The third kappa shape index (κ3) is 3.26. The molecule has 8 heteroatoms. The number of carbonyl (C=O) groups excluding carboxylic acids is 1. The Morgan fingerprint density at radius 1 is 1.12 bits per heavy atom. The molecule has 0 bridgehead atoms. The van der Waals surface area contributed by atoms with Gasteiger partial charge in [0.15, 0.2) is 0 Å². The van der Waals surface area contributed by atoms with Crippen molar-refractivity contribution in [3.63, 3.8) is 0 Å². The fourth-order valence-electron chi connectivity index (χ4n) is 3.13. The molecule has 8 nitrogen and oxygen atoms in total. The highest BCUT2D eigenvalue weighted by Gasteiger charge is 2.22. The molecular weight excluding hydrogens is 332 g/mol. The molecule has 0 radical (unpaired) electrons. The average molecular weight is 350 g/mol. The number of pyridine rings is 1. The average Bonchev–Trinajstić information content (AvgIpc) is 3.06. The number of nitrogens with zero attached hydrogens (tertiary/aromatic N) is 6. The predicted molar refractivity (Wildman–Crippen MR) is 93.4 cm³/mol. The molecule has 0 fully saturated rings. The van der Waals surface area contributed by atoms with Gasteiger partial charge in [-0.25, -0.2) is 9.97 Å². The third-order valence-corrected chi connectivity index (χ3v) is 4.40. The molecular formula is C18H18N6O2. The smallest absolute Gasteiger partial charge is 0.254 e. The molecule has 0 aromatic carbocycles. The summed E-state index contributed by atoms with van der Waals surface area (Å²) in [6.45, 7) is 1.93. The molecule has 3 aromatic heterocycles. The number of aromatic nitrogens is 5. The lowest BCUT2D eigenvalue weighted by molar-refractivity contribution is 0.0743. The van der Waals surface area contributed by atoms with E-state index in [4.69, 9.17) is 0 Å². The molecule has 26 heavy (non-hydrogen) atoms. The van der Waals surface area contributed by atoms with Crippen molar-refractivity contribution < 1.29 is 4.79 Å². The van der Waals surface area contributed by atoms with Crippen LogP contribution in [0.3, 0.4) is 0 Å². The van der Waals surface area contributed by atoms with Gasteiger partial charge in [0, 0.05) is 49.5 Å². The van der Waals surface area contributed by atoms with E-state index in [0.29, 0.717) is 49.7 Å². The predicted octanol–water partition coefficient (Wildman–Crippen LogP) is 0.929. The second-order valence-corrected chi connectivity index (χ2v) is 6.20. The van der Waals surface area contributed by atoms with Gasteiger partial charge in [0.05, 0.1) is 25.1 Å². The van der Waals surface area contributed by atoms with Gasteiger partial charge in [-0.05, 0) is 18.6 Å². The molecule has 0 saturated heterocycles. The molecule has 4 heterocycles. The van der Waals surface area contributed by atoms with Crippen molar-refractivity contribution in [3.8, 4) is 0 Å². The maximum atomic E-state index is 12.8. The lowest BCUT2D eigenvalue weighted by Gasteiger charge is -2.20. The summed E-state index contributed by atoms with van der Waals surface area (Å²) in [5.41, 5.74) is 1.17. The first-order chi connectivity index (χ1) is 12.7. The molecule has 1 aliphatic heterocycles. The zero-order valence-electron chi connectivity index (χ0n) is 14.2. The van der Waals surface area contributed by atoms with Crippen LogP contribution in [0.15, 0.2) is 54.1 Å². The molecule has 0 atom stereocenters. The minimum absolute atomic E-state index is 0.0740. The van der Waals surface area contributed by atoms with Crippen molar-refractivity contribution in [2.45, 2.75) is 26.1 Å². The van der Waals surface area contributed by atoms with Crippen molar-refractivity contribution in [1.82, 2.24) is 29.0 Å². The van der Waals surface area contributed by atoms with Gasteiger partial charge < -0.3 is 9.47 Å². The number of hydrogen-bond donors (Lipinski definition) is 0. The van der Waals surface area contributed by atoms with Crippen LogP contribution in [0.2, 0.25) is 0 Å². The normalized spacial score (nSPS) is 13.9. The Labute approximate surface area is 149 Å². The van der Waals surface area contributed by atoms with Crippen molar-refractivity contribution in [2.24, 2.45) is 0 Å². The Hall–Kier alpha value is -3.29. The van der Waals surface area contributed by atoms with Gasteiger partial charge in [0.25, 0.3) is 11.5 Å². The summed E-state index contributed by atoms with van der Waals surface area (Å²) in [5, 5.41) is 0. The van der Waals surface area contributed by atoms with Crippen LogP contribution in [0.4, 0.5) is 0 Å². The van der Waals surface area contributed by atoms with Crippen molar-refractivity contribution >= 4 is 5.91 Å². The van der Waals surface area contributed by atoms with Gasteiger partial charge in [-0.2, -0.15) is 0 Å². The zero-order chi connectivity index (χ0) is 17.9. The van der Waals surface area contributed by atoms with Crippen molar-refractivity contribution in [3.05, 3.63) is 76.7 Å². The molecule has 4 rings (SSSR count). The van der Waals surface area contributed by atoms with E-state index in [1.165, 1.54) is 0 Å². The van der Waals surface area contributed by atoms with Gasteiger partial charge in [-0.1, -0.05) is 0 Å². The Morgan fingerprint density at radius 3 is 2.73 bits per heavy atom. The second-order valence-electron chi connectivity index (χ2n) is 6.20. The number of rotatable bonds is 3. The summed E-state index contributed by atoms with van der Waals surface area (Å²) in [6.07, 6.45) is 9.11. The van der Waals surface area contributed by atoms with E-state index in [9.17, 15) is 9.59 Å². The summed E-state index contributed by atoms with van der Waals surface area (Å²) < 4.78 is 3.52. The van der Waals surface area contributed by atoms with E-state index in [-0.39, 0.29) is 11.5 Å². The largest absolute Gasteiger partial charge is 0.331 e. The SMILES string of the molecule is O=C(c1ccncc1)N1CCCn2c(nc(Cn3ccnc3)cc2=O)C1. The molecule has 0 spiro atoms. The highest BCUT2D eigenvalue weighted by Crippen LogP contribution is 2.13. The summed E-state index contributed by atoms with van der Waals surface area (Å²) in [7, 11) is 0. The van der Waals surface area contributed by atoms with E-state index in [1.807, 2.05) is 10.8 Å². The Kier molecular flexibility index (Phi) is 4.30. The summed E-state index contributed by atoms with van der Waals surface area (Å²) >= 11 is 0. The van der Waals surface area contributed by atoms with Crippen LogP contribution in [0.25, 0.3) is 0 Å². The molecule has 0 aliphatic carbocycles. The second kappa shape index (κ2) is 6.91. The zero-order valence-corrected chi connectivity index (χ0v) is 14.2. The third-order valence-electron chi connectivity index (χ3n) is 4.40. The number of carbonyl (C=O) groups is 1. The molecule has 0 N–H and O–H groups in total. The summed E-state index contributed by atoms with van der Waals surface area (Å²) in [5.74, 6) is 0.544. The van der Waals surface area contributed by atoms with Gasteiger partial charge in [0.1, 0.15) is 5.82 Å². The monoisotopic (exact) mass is 350 g/mol. The van der Waals surface area contributed by atoms with Crippen LogP contribution in [-0.4, -0.2) is 41.4 Å². The first-order valence-corrected chi connectivity index (χ1v) is 8.45. The highest BCUT2D eigenvalue weighted by molar-refractivity contribution is 5.94. The molecule has 0 unspecified atom stereocenters. The topological polar surface area (TPSA) is 85.9 Å². The van der Waals surface area contributed by atoms with E-state index in [1.54, 1.807) is 52.6 Å². The first-order valence-electron chi connectivity index (χ1n) is 8.45. The Morgan fingerprint density at radius 2 is 1.96 bits per heavy atom. The van der Waals surface area contributed by atoms with E-state index in [0.717, 1.165) is 0 Å². The Bertz CT molecular complexity index is 965. The van der Waals surface area contributed by atoms with Gasteiger partial charge in [0.2, 0.25) is 0 Å². The van der Waals surface area contributed by atoms with Crippen LogP contribution >= 0.6 is 0 Å². The minimum Gasteiger partial charge on any atom is -0.331 e. The Balaban J connectivity index is 1.63. The number of hydrogen-bond acceptors (Lipinski definition) is 5. The maximum absolute atomic E-state index is 12.8. The van der Waals surface area contributed by atoms with Crippen LogP contribution in [0.5, 0.6) is 0 Å². The van der Waals surface area contributed by atoms with Crippen LogP contribution in [0.1, 0.15) is 28.3 Å². The highest BCUT2D eigenvalue weighted by atomic mass is 16.2. The van der Waals surface area contributed by atoms with Gasteiger partial charge >= 0.3 is 0 Å². The van der Waals surface area contributed by atoms with Crippen LogP contribution in [0, 0.1) is 0 Å². The van der Waals surface area contributed by atoms with E-state index >= 15 is 0 Å². The molecule has 1 amide bonds. The molecule has 132 valence electrons. The number of imidazole rings is 1. The van der Waals surface area contributed by atoms with E-state index < -0.39 is 0 Å². The lowest BCUT2D eigenvalue weighted by atomic mass is 10.2. The van der Waals surface area contributed by atoms with Crippen LogP contribution in [-0.2, 0) is 19.6 Å². The van der Waals surface area contributed by atoms with E-state index in [2.05, 4.69) is 15.0 Å². The summed E-state index contributed by atoms with van der Waals surface area (Å²) in [6, 6.07) is 4.95. The quantitative estimate of drug-likeness (QED) is 0.701. The fourth-order valence-corrected chi connectivity index (χ4v) is 3.13. The lowest BCUT2D eigenvalue weighted by Crippen LogP contribution is -2.32. The molecule has 3 aromatic rings.